The quantitative estimate of drug-likeness (QED) is 0.931. The molecule has 6 heteroatoms. The maximum atomic E-state index is 13.4. The van der Waals surface area contributed by atoms with Gasteiger partial charge in [0.1, 0.15) is 5.82 Å². The summed E-state index contributed by atoms with van der Waals surface area (Å²) in [6.07, 6.45) is 2.42. The Labute approximate surface area is 123 Å². The normalized spacial score (nSPS) is 28.2. The van der Waals surface area contributed by atoms with Gasteiger partial charge in [-0.1, -0.05) is 0 Å². The average molecular weight is 315 g/mol. The molecule has 2 aliphatic rings. The fraction of sp³-hybridized carbons (Fsp3) is 0.571. The van der Waals surface area contributed by atoms with E-state index >= 15 is 0 Å². The summed E-state index contributed by atoms with van der Waals surface area (Å²) in [5, 5.41) is 3.07. The van der Waals surface area contributed by atoms with Crippen molar-refractivity contribution in [3.8, 4) is 0 Å². The summed E-state index contributed by atoms with van der Waals surface area (Å²) in [5.74, 6) is 1.06. The number of benzene rings is 1. The van der Waals surface area contributed by atoms with Gasteiger partial charge in [0.15, 0.2) is 9.84 Å². The van der Waals surface area contributed by atoms with E-state index in [0.717, 1.165) is 35.5 Å². The van der Waals surface area contributed by atoms with Gasteiger partial charge in [0.25, 0.3) is 0 Å². The van der Waals surface area contributed by atoms with Crippen LogP contribution >= 0.6 is 11.8 Å². The van der Waals surface area contributed by atoms with Crippen LogP contribution in [-0.2, 0) is 9.84 Å². The average Bonchev–Trinajstić information content (AvgIpc) is 2.75. The second-order valence-electron chi connectivity index (χ2n) is 5.41. The molecule has 110 valence electrons. The predicted molar refractivity (Wildman–Crippen MR) is 79.3 cm³/mol. The molecular formula is C14H18FNO2S2. The first kappa shape index (κ1) is 14.4. The van der Waals surface area contributed by atoms with Crippen LogP contribution in [0.15, 0.2) is 23.1 Å². The van der Waals surface area contributed by atoms with Crippen LogP contribution in [-0.4, -0.2) is 31.7 Å². The van der Waals surface area contributed by atoms with E-state index in [4.69, 9.17) is 0 Å². The van der Waals surface area contributed by atoms with E-state index in [0.29, 0.717) is 12.3 Å². The smallest absolute Gasteiger partial charge is 0.154 e. The highest BCUT2D eigenvalue weighted by atomic mass is 32.2. The standard InChI is InChI=1S/C14H18FNO2S2/c15-10-3-4-14-12(8-10)13(5-6-19-14)16-9-11-2-1-7-20(11,17)18/h3-4,8,11,13,16H,1-2,5-7,9H2/t11-,13-/m0/s1. The topological polar surface area (TPSA) is 46.2 Å². The highest BCUT2D eigenvalue weighted by molar-refractivity contribution is 7.99. The van der Waals surface area contributed by atoms with Gasteiger partial charge in [-0.25, -0.2) is 12.8 Å². The Morgan fingerprint density at radius 3 is 2.95 bits per heavy atom. The van der Waals surface area contributed by atoms with Crippen molar-refractivity contribution in [3.63, 3.8) is 0 Å². The van der Waals surface area contributed by atoms with Gasteiger partial charge >= 0.3 is 0 Å². The summed E-state index contributed by atoms with van der Waals surface area (Å²) in [5.41, 5.74) is 0.969. The van der Waals surface area contributed by atoms with Gasteiger partial charge in [0.05, 0.1) is 11.0 Å². The molecule has 2 heterocycles. The van der Waals surface area contributed by atoms with E-state index in [-0.39, 0.29) is 17.1 Å². The number of hydrogen-bond donors (Lipinski definition) is 1. The molecule has 0 bridgehead atoms. The Balaban J connectivity index is 1.72. The summed E-state index contributed by atoms with van der Waals surface area (Å²) >= 11 is 1.73. The molecule has 3 nitrogen and oxygen atoms in total. The first-order valence-corrected chi connectivity index (χ1v) is 9.63. The van der Waals surface area contributed by atoms with Crippen LogP contribution in [0.5, 0.6) is 0 Å². The lowest BCUT2D eigenvalue weighted by atomic mass is 10.0. The maximum absolute atomic E-state index is 13.4. The lowest BCUT2D eigenvalue weighted by molar-refractivity contribution is 0.491. The zero-order valence-electron chi connectivity index (χ0n) is 11.1. The Morgan fingerprint density at radius 1 is 1.35 bits per heavy atom. The third-order valence-corrected chi connectivity index (χ3v) is 7.46. The van der Waals surface area contributed by atoms with Crippen molar-refractivity contribution >= 4 is 21.6 Å². The molecule has 2 aliphatic heterocycles. The molecule has 0 aliphatic carbocycles. The van der Waals surface area contributed by atoms with E-state index in [9.17, 15) is 12.8 Å². The Hall–Kier alpha value is -0.590. The molecule has 3 rings (SSSR count). The molecule has 2 atom stereocenters. The summed E-state index contributed by atoms with van der Waals surface area (Å²) in [6, 6.07) is 4.94. The zero-order chi connectivity index (χ0) is 14.2. The molecule has 0 radical (unpaired) electrons. The molecule has 20 heavy (non-hydrogen) atoms. The minimum absolute atomic E-state index is 0.0674. The van der Waals surface area contributed by atoms with Gasteiger partial charge in [0.2, 0.25) is 0 Å². The molecular weight excluding hydrogens is 297 g/mol. The molecule has 0 unspecified atom stereocenters. The molecule has 1 saturated heterocycles. The van der Waals surface area contributed by atoms with Gasteiger partial charge in [0, 0.05) is 17.5 Å². The second-order valence-corrected chi connectivity index (χ2v) is 8.95. The lowest BCUT2D eigenvalue weighted by Crippen LogP contribution is -2.34. The van der Waals surface area contributed by atoms with Crippen molar-refractivity contribution in [1.29, 1.82) is 0 Å². The SMILES string of the molecule is O=S1(=O)CCC[C@H]1CN[C@H]1CCSc2ccc(F)cc21. The van der Waals surface area contributed by atoms with E-state index in [1.54, 1.807) is 17.8 Å². The lowest BCUT2D eigenvalue weighted by Gasteiger charge is -2.27. The van der Waals surface area contributed by atoms with Crippen LogP contribution in [0.3, 0.4) is 0 Å². The summed E-state index contributed by atoms with van der Waals surface area (Å²) in [6.45, 7) is 0.480. The molecule has 1 aromatic carbocycles. The molecule has 1 aromatic rings. The molecule has 0 amide bonds. The van der Waals surface area contributed by atoms with Crippen LogP contribution in [0.4, 0.5) is 4.39 Å². The highest BCUT2D eigenvalue weighted by Gasteiger charge is 2.32. The summed E-state index contributed by atoms with van der Waals surface area (Å²) in [7, 11) is -2.92. The minimum atomic E-state index is -2.92. The second kappa shape index (κ2) is 5.66. The number of thioether (sulfide) groups is 1. The van der Waals surface area contributed by atoms with E-state index in [1.165, 1.54) is 6.07 Å². The van der Waals surface area contributed by atoms with Crippen LogP contribution < -0.4 is 5.32 Å². The number of rotatable bonds is 3. The van der Waals surface area contributed by atoms with Gasteiger partial charge in [-0.05, 0) is 48.8 Å². The number of nitrogens with one attached hydrogen (secondary N) is 1. The number of halogens is 1. The van der Waals surface area contributed by atoms with Gasteiger partial charge < -0.3 is 5.32 Å². The molecule has 1 N–H and O–H groups in total. The van der Waals surface area contributed by atoms with E-state index in [2.05, 4.69) is 5.32 Å². The highest BCUT2D eigenvalue weighted by Crippen LogP contribution is 2.36. The van der Waals surface area contributed by atoms with Crippen molar-refractivity contribution < 1.29 is 12.8 Å². The molecule has 0 aromatic heterocycles. The van der Waals surface area contributed by atoms with Crippen LogP contribution in [0.25, 0.3) is 0 Å². The monoisotopic (exact) mass is 315 g/mol. The van der Waals surface area contributed by atoms with E-state index in [1.807, 2.05) is 6.07 Å². The Morgan fingerprint density at radius 2 is 2.20 bits per heavy atom. The van der Waals surface area contributed by atoms with Gasteiger partial charge in [-0.3, -0.25) is 0 Å². The third kappa shape index (κ3) is 2.87. The molecule has 1 fully saturated rings. The predicted octanol–water partition coefficient (Wildman–Crippen LogP) is 2.53. The summed E-state index contributed by atoms with van der Waals surface area (Å²) < 4.78 is 37.1. The Bertz CT molecular complexity index is 603. The molecule has 0 spiro atoms. The maximum Gasteiger partial charge on any atom is 0.154 e. The first-order chi connectivity index (χ1) is 9.56. The van der Waals surface area contributed by atoms with E-state index < -0.39 is 9.84 Å². The zero-order valence-corrected chi connectivity index (χ0v) is 12.8. The largest absolute Gasteiger partial charge is 0.309 e. The Kier molecular flexibility index (Phi) is 4.06. The van der Waals surface area contributed by atoms with Crippen molar-refractivity contribution in [2.24, 2.45) is 0 Å². The van der Waals surface area contributed by atoms with Crippen molar-refractivity contribution in [2.75, 3.05) is 18.1 Å². The van der Waals surface area contributed by atoms with Gasteiger partial charge in [-0.15, -0.1) is 11.8 Å². The fourth-order valence-electron chi connectivity index (χ4n) is 2.94. The van der Waals surface area contributed by atoms with Crippen molar-refractivity contribution in [3.05, 3.63) is 29.6 Å². The van der Waals surface area contributed by atoms with Crippen molar-refractivity contribution in [1.82, 2.24) is 5.32 Å². The minimum Gasteiger partial charge on any atom is -0.309 e. The third-order valence-electron chi connectivity index (χ3n) is 4.07. The van der Waals surface area contributed by atoms with Crippen LogP contribution in [0.2, 0.25) is 0 Å². The van der Waals surface area contributed by atoms with Crippen LogP contribution in [0.1, 0.15) is 30.9 Å². The van der Waals surface area contributed by atoms with Crippen molar-refractivity contribution in [2.45, 2.75) is 35.4 Å². The number of hydrogen-bond acceptors (Lipinski definition) is 4. The number of fused-ring (bicyclic) bond motifs is 1. The summed E-state index contributed by atoms with van der Waals surface area (Å²) in [4.78, 5) is 1.10. The van der Waals surface area contributed by atoms with Gasteiger partial charge in [-0.2, -0.15) is 0 Å². The first-order valence-electron chi connectivity index (χ1n) is 6.93. The fourth-order valence-corrected chi connectivity index (χ4v) is 5.82. The number of sulfone groups is 1. The molecule has 0 saturated carbocycles. The van der Waals surface area contributed by atoms with Crippen LogP contribution in [0, 0.1) is 5.82 Å².